The summed E-state index contributed by atoms with van der Waals surface area (Å²) >= 11 is 0. The van der Waals surface area contributed by atoms with Gasteiger partial charge in [0.2, 0.25) is 0 Å². The summed E-state index contributed by atoms with van der Waals surface area (Å²) in [5.74, 6) is 0.956. The molecule has 0 aliphatic carbocycles. The summed E-state index contributed by atoms with van der Waals surface area (Å²) < 4.78 is 5.26. The fourth-order valence-electron chi connectivity index (χ4n) is 2.39. The molecule has 0 saturated carbocycles. The molecule has 0 aliphatic heterocycles. The summed E-state index contributed by atoms with van der Waals surface area (Å²) in [4.78, 5) is 6.81. The molecule has 1 N–H and O–H groups in total. The van der Waals surface area contributed by atoms with Crippen molar-refractivity contribution >= 4 is 11.5 Å². The molecule has 1 aromatic rings. The first-order valence-electron chi connectivity index (χ1n) is 7.72. The van der Waals surface area contributed by atoms with Crippen molar-refractivity contribution in [3.05, 3.63) is 18.3 Å². The van der Waals surface area contributed by atoms with Gasteiger partial charge in [-0.25, -0.2) is 4.98 Å². The van der Waals surface area contributed by atoms with Crippen LogP contribution in [0.4, 0.5) is 11.5 Å². The van der Waals surface area contributed by atoms with Crippen LogP contribution in [0.3, 0.4) is 0 Å². The van der Waals surface area contributed by atoms with Gasteiger partial charge in [-0.15, -0.1) is 0 Å². The first-order chi connectivity index (χ1) is 9.76. The third-order valence-electron chi connectivity index (χ3n) is 3.55. The standard InChI is InChI=1S/C16H29N3O/c1-5-9-17-16-13-15(8-10-18-16)19(11-12-20-4)14(6-2)7-3/h8,10,13-14H,5-7,9,11-12H2,1-4H3,(H,17,18). The Balaban J connectivity index is 2.87. The molecule has 1 aromatic heterocycles. The van der Waals surface area contributed by atoms with E-state index in [4.69, 9.17) is 4.74 Å². The number of nitrogens with one attached hydrogen (secondary N) is 1. The van der Waals surface area contributed by atoms with E-state index in [1.165, 1.54) is 5.69 Å². The lowest BCUT2D eigenvalue weighted by atomic mass is 10.1. The smallest absolute Gasteiger partial charge is 0.127 e. The van der Waals surface area contributed by atoms with E-state index in [9.17, 15) is 0 Å². The Morgan fingerprint density at radius 2 is 2.05 bits per heavy atom. The highest BCUT2D eigenvalue weighted by atomic mass is 16.5. The quantitative estimate of drug-likeness (QED) is 0.711. The Kier molecular flexibility index (Phi) is 8.04. The van der Waals surface area contributed by atoms with Crippen LogP contribution in [0, 0.1) is 0 Å². The summed E-state index contributed by atoms with van der Waals surface area (Å²) in [6.45, 7) is 9.26. The van der Waals surface area contributed by atoms with Gasteiger partial charge in [-0.2, -0.15) is 0 Å². The van der Waals surface area contributed by atoms with Crippen LogP contribution in [-0.2, 0) is 4.74 Å². The molecule has 114 valence electrons. The van der Waals surface area contributed by atoms with Crippen LogP contribution in [-0.4, -0.2) is 37.8 Å². The van der Waals surface area contributed by atoms with Gasteiger partial charge in [-0.1, -0.05) is 20.8 Å². The lowest BCUT2D eigenvalue weighted by molar-refractivity contribution is 0.202. The van der Waals surface area contributed by atoms with E-state index in [1.807, 2.05) is 6.20 Å². The van der Waals surface area contributed by atoms with Gasteiger partial charge >= 0.3 is 0 Å². The minimum absolute atomic E-state index is 0.548. The van der Waals surface area contributed by atoms with Crippen LogP contribution >= 0.6 is 0 Å². The topological polar surface area (TPSA) is 37.4 Å². The van der Waals surface area contributed by atoms with Gasteiger partial charge in [0.15, 0.2) is 0 Å². The van der Waals surface area contributed by atoms with Gasteiger partial charge in [0.1, 0.15) is 5.82 Å². The second-order valence-corrected chi connectivity index (χ2v) is 4.98. The number of methoxy groups -OCH3 is 1. The molecule has 0 fully saturated rings. The molecule has 0 saturated heterocycles. The van der Waals surface area contributed by atoms with Gasteiger partial charge < -0.3 is 15.0 Å². The molecule has 0 radical (unpaired) electrons. The van der Waals surface area contributed by atoms with Gasteiger partial charge in [-0.3, -0.25) is 0 Å². The molecule has 1 heterocycles. The number of aromatic nitrogens is 1. The predicted octanol–water partition coefficient (Wildman–Crippen LogP) is 3.54. The van der Waals surface area contributed by atoms with Crippen LogP contribution < -0.4 is 10.2 Å². The Morgan fingerprint density at radius 3 is 2.65 bits per heavy atom. The van der Waals surface area contributed by atoms with Crippen molar-refractivity contribution in [1.82, 2.24) is 4.98 Å². The third-order valence-corrected chi connectivity index (χ3v) is 3.55. The summed E-state index contributed by atoms with van der Waals surface area (Å²) in [5.41, 5.74) is 1.23. The van der Waals surface area contributed by atoms with Crippen LogP contribution in [0.15, 0.2) is 18.3 Å². The monoisotopic (exact) mass is 279 g/mol. The normalized spacial score (nSPS) is 10.8. The van der Waals surface area contributed by atoms with Crippen molar-refractivity contribution in [2.45, 2.75) is 46.1 Å². The predicted molar refractivity (Wildman–Crippen MR) is 86.6 cm³/mol. The average molecular weight is 279 g/mol. The number of rotatable bonds is 10. The van der Waals surface area contributed by atoms with E-state index in [1.54, 1.807) is 7.11 Å². The van der Waals surface area contributed by atoms with Crippen molar-refractivity contribution in [3.8, 4) is 0 Å². The Labute approximate surface area is 123 Å². The molecule has 0 aliphatic rings. The number of hydrogen-bond donors (Lipinski definition) is 1. The lowest BCUT2D eigenvalue weighted by Crippen LogP contribution is -2.37. The largest absolute Gasteiger partial charge is 0.383 e. The maximum Gasteiger partial charge on any atom is 0.127 e. The summed E-state index contributed by atoms with van der Waals surface area (Å²) in [7, 11) is 1.76. The Hall–Kier alpha value is -1.29. The van der Waals surface area contributed by atoms with Crippen LogP contribution in [0.1, 0.15) is 40.0 Å². The van der Waals surface area contributed by atoms with Crippen molar-refractivity contribution in [2.24, 2.45) is 0 Å². The molecule has 4 heteroatoms. The maximum absolute atomic E-state index is 5.26. The highest BCUT2D eigenvalue weighted by molar-refractivity contribution is 5.54. The number of ether oxygens (including phenoxy) is 1. The second-order valence-electron chi connectivity index (χ2n) is 4.98. The van der Waals surface area contributed by atoms with Crippen LogP contribution in [0.25, 0.3) is 0 Å². The molecular formula is C16H29N3O. The SMILES string of the molecule is CCCNc1cc(N(CCOC)C(CC)CC)ccn1. The van der Waals surface area contributed by atoms with Crippen molar-refractivity contribution in [1.29, 1.82) is 0 Å². The van der Waals surface area contributed by atoms with Gasteiger partial charge in [0.25, 0.3) is 0 Å². The fraction of sp³-hybridized carbons (Fsp3) is 0.688. The fourth-order valence-corrected chi connectivity index (χ4v) is 2.39. The number of anilines is 2. The van der Waals surface area contributed by atoms with Gasteiger partial charge in [0, 0.05) is 44.2 Å². The highest BCUT2D eigenvalue weighted by Gasteiger charge is 2.16. The molecule has 1 rings (SSSR count). The Bertz CT molecular complexity index is 366. The zero-order valence-electron chi connectivity index (χ0n) is 13.4. The molecule has 20 heavy (non-hydrogen) atoms. The maximum atomic E-state index is 5.26. The van der Waals surface area contributed by atoms with Gasteiger partial charge in [0.05, 0.1) is 6.61 Å². The number of hydrogen-bond acceptors (Lipinski definition) is 4. The zero-order chi connectivity index (χ0) is 14.8. The molecule has 0 spiro atoms. The summed E-state index contributed by atoms with van der Waals surface area (Å²) in [5, 5.41) is 3.35. The molecule has 0 atom stereocenters. The zero-order valence-corrected chi connectivity index (χ0v) is 13.4. The minimum Gasteiger partial charge on any atom is -0.383 e. The molecular weight excluding hydrogens is 250 g/mol. The summed E-state index contributed by atoms with van der Waals surface area (Å²) in [6.07, 6.45) is 5.27. The number of nitrogens with zero attached hydrogens (tertiary/aromatic N) is 2. The minimum atomic E-state index is 0.548. The van der Waals surface area contributed by atoms with E-state index in [0.29, 0.717) is 6.04 Å². The second kappa shape index (κ2) is 9.59. The van der Waals surface area contributed by atoms with Crippen molar-refractivity contribution < 1.29 is 4.74 Å². The van der Waals surface area contributed by atoms with E-state index in [0.717, 1.165) is 44.8 Å². The van der Waals surface area contributed by atoms with Crippen molar-refractivity contribution in [3.63, 3.8) is 0 Å². The highest BCUT2D eigenvalue weighted by Crippen LogP contribution is 2.22. The lowest BCUT2D eigenvalue weighted by Gasteiger charge is -2.32. The molecule has 0 unspecified atom stereocenters. The van der Waals surface area contributed by atoms with Crippen LogP contribution in [0.2, 0.25) is 0 Å². The number of pyridine rings is 1. The van der Waals surface area contributed by atoms with Crippen LogP contribution in [0.5, 0.6) is 0 Å². The molecule has 0 bridgehead atoms. The Morgan fingerprint density at radius 1 is 1.30 bits per heavy atom. The molecule has 0 aromatic carbocycles. The third kappa shape index (κ3) is 5.00. The van der Waals surface area contributed by atoms with E-state index >= 15 is 0 Å². The molecule has 4 nitrogen and oxygen atoms in total. The van der Waals surface area contributed by atoms with E-state index in [-0.39, 0.29) is 0 Å². The first kappa shape index (κ1) is 16.8. The average Bonchev–Trinajstić information content (AvgIpc) is 2.49. The van der Waals surface area contributed by atoms with E-state index < -0.39 is 0 Å². The van der Waals surface area contributed by atoms with Gasteiger partial charge in [-0.05, 0) is 25.3 Å². The van der Waals surface area contributed by atoms with Crippen molar-refractivity contribution in [2.75, 3.05) is 37.0 Å². The molecule has 0 amide bonds. The first-order valence-corrected chi connectivity index (χ1v) is 7.72. The van der Waals surface area contributed by atoms with E-state index in [2.05, 4.69) is 48.1 Å². The summed E-state index contributed by atoms with van der Waals surface area (Å²) in [6, 6.07) is 4.78.